The van der Waals surface area contributed by atoms with Crippen LogP contribution in [0.2, 0.25) is 0 Å². The topological polar surface area (TPSA) is 17.1 Å². The van der Waals surface area contributed by atoms with E-state index in [9.17, 15) is 4.79 Å². The van der Waals surface area contributed by atoms with Gasteiger partial charge in [0.05, 0.1) is 0 Å². The Labute approximate surface area is 115 Å². The number of benzene rings is 2. The third-order valence-electron chi connectivity index (χ3n) is 3.61. The fourth-order valence-corrected chi connectivity index (χ4v) is 2.04. The van der Waals surface area contributed by atoms with Gasteiger partial charge in [-0.3, -0.25) is 4.79 Å². The van der Waals surface area contributed by atoms with Crippen LogP contribution >= 0.6 is 0 Å². The molecule has 0 bridgehead atoms. The highest BCUT2D eigenvalue weighted by Gasteiger charge is 2.12. The summed E-state index contributed by atoms with van der Waals surface area (Å²) < 4.78 is 0. The van der Waals surface area contributed by atoms with Gasteiger partial charge < -0.3 is 0 Å². The molecule has 0 N–H and O–H groups in total. The smallest absolute Gasteiger partial charge is 0.165 e. The molecule has 0 amide bonds. The molecule has 1 unspecified atom stereocenters. The van der Waals surface area contributed by atoms with E-state index in [1.54, 1.807) is 0 Å². The lowest BCUT2D eigenvalue weighted by Crippen LogP contribution is -2.09. The second-order valence-electron chi connectivity index (χ2n) is 5.12. The molecule has 0 saturated carbocycles. The predicted molar refractivity (Wildman–Crippen MR) is 80.4 cm³/mol. The molecule has 1 nitrogen and oxygen atoms in total. The van der Waals surface area contributed by atoms with E-state index in [0.29, 0.717) is 0 Å². The molecule has 0 aliphatic rings. The van der Waals surface area contributed by atoms with Crippen molar-refractivity contribution in [3.05, 3.63) is 59.7 Å². The fourth-order valence-electron chi connectivity index (χ4n) is 2.04. The van der Waals surface area contributed by atoms with Crippen molar-refractivity contribution in [2.45, 2.75) is 27.2 Å². The van der Waals surface area contributed by atoms with E-state index >= 15 is 0 Å². The van der Waals surface area contributed by atoms with Crippen molar-refractivity contribution >= 4 is 5.78 Å². The van der Waals surface area contributed by atoms with Crippen LogP contribution < -0.4 is 0 Å². The number of aryl methyl sites for hydroxylation is 1. The van der Waals surface area contributed by atoms with Gasteiger partial charge in [0.2, 0.25) is 0 Å². The first-order valence-corrected chi connectivity index (χ1v) is 6.83. The molecule has 0 radical (unpaired) electrons. The van der Waals surface area contributed by atoms with Gasteiger partial charge in [-0.2, -0.15) is 0 Å². The van der Waals surface area contributed by atoms with Crippen LogP contribution in [0.4, 0.5) is 0 Å². The summed E-state index contributed by atoms with van der Waals surface area (Å²) in [6.07, 6.45) is 0.887. The van der Waals surface area contributed by atoms with Gasteiger partial charge in [-0.1, -0.05) is 67.9 Å². The molecule has 2 aromatic carbocycles. The molecule has 0 heterocycles. The molecular formula is C18H20O. The summed E-state index contributed by atoms with van der Waals surface area (Å²) >= 11 is 0. The zero-order valence-corrected chi connectivity index (χ0v) is 11.8. The summed E-state index contributed by atoms with van der Waals surface area (Å²) in [4.78, 5) is 12.1. The molecule has 98 valence electrons. The first-order chi connectivity index (χ1) is 9.11. The van der Waals surface area contributed by atoms with Gasteiger partial charge in [-0.15, -0.1) is 0 Å². The van der Waals surface area contributed by atoms with E-state index in [4.69, 9.17) is 0 Å². The lowest BCUT2D eigenvalue weighted by molar-refractivity contribution is 0.0927. The van der Waals surface area contributed by atoms with Gasteiger partial charge in [0.15, 0.2) is 5.78 Å². The number of ketones is 1. The van der Waals surface area contributed by atoms with Crippen molar-refractivity contribution < 1.29 is 4.79 Å². The van der Waals surface area contributed by atoms with E-state index in [1.165, 1.54) is 11.1 Å². The van der Waals surface area contributed by atoms with E-state index in [0.717, 1.165) is 17.5 Å². The molecule has 0 aromatic heterocycles. The van der Waals surface area contributed by atoms with Crippen molar-refractivity contribution in [3.8, 4) is 11.1 Å². The minimum Gasteiger partial charge on any atom is -0.294 e. The molecule has 0 fully saturated rings. The van der Waals surface area contributed by atoms with Crippen molar-refractivity contribution in [1.82, 2.24) is 0 Å². The molecule has 2 rings (SSSR count). The van der Waals surface area contributed by atoms with Crippen molar-refractivity contribution in [2.24, 2.45) is 5.92 Å². The predicted octanol–water partition coefficient (Wildman–Crippen LogP) is 4.89. The van der Waals surface area contributed by atoms with Crippen molar-refractivity contribution in [1.29, 1.82) is 0 Å². The first-order valence-electron chi connectivity index (χ1n) is 6.83. The highest BCUT2D eigenvalue weighted by Crippen LogP contribution is 2.21. The number of hydrogen-bond acceptors (Lipinski definition) is 1. The van der Waals surface area contributed by atoms with Crippen LogP contribution in [0.5, 0.6) is 0 Å². The van der Waals surface area contributed by atoms with Crippen LogP contribution in [0, 0.1) is 12.8 Å². The number of rotatable bonds is 4. The summed E-state index contributed by atoms with van der Waals surface area (Å²) in [7, 11) is 0. The summed E-state index contributed by atoms with van der Waals surface area (Å²) in [5.74, 6) is 0.336. The minimum atomic E-state index is 0.102. The monoisotopic (exact) mass is 252 g/mol. The summed E-state index contributed by atoms with van der Waals surface area (Å²) in [6, 6.07) is 16.4. The third-order valence-corrected chi connectivity index (χ3v) is 3.61. The molecule has 0 aliphatic carbocycles. The Morgan fingerprint density at radius 2 is 1.42 bits per heavy atom. The van der Waals surface area contributed by atoms with Crippen LogP contribution in [0.1, 0.15) is 36.2 Å². The molecule has 19 heavy (non-hydrogen) atoms. The first kappa shape index (κ1) is 13.5. The zero-order chi connectivity index (χ0) is 13.8. The molecule has 0 spiro atoms. The quantitative estimate of drug-likeness (QED) is 0.708. The number of hydrogen-bond donors (Lipinski definition) is 0. The Hall–Kier alpha value is -1.89. The van der Waals surface area contributed by atoms with Crippen LogP contribution in [-0.2, 0) is 0 Å². The maximum absolute atomic E-state index is 12.1. The van der Waals surface area contributed by atoms with E-state index in [2.05, 4.69) is 31.2 Å². The second-order valence-corrected chi connectivity index (χ2v) is 5.12. The van der Waals surface area contributed by atoms with Gasteiger partial charge in [0.25, 0.3) is 0 Å². The second kappa shape index (κ2) is 5.83. The highest BCUT2D eigenvalue weighted by atomic mass is 16.1. The summed E-state index contributed by atoms with van der Waals surface area (Å²) in [5.41, 5.74) is 4.41. The summed E-state index contributed by atoms with van der Waals surface area (Å²) in [5, 5.41) is 0. The number of carbonyl (C=O) groups excluding carboxylic acids is 1. The van der Waals surface area contributed by atoms with E-state index in [1.807, 2.05) is 38.1 Å². The lowest BCUT2D eigenvalue weighted by Gasteiger charge is -2.08. The van der Waals surface area contributed by atoms with Gasteiger partial charge in [0.1, 0.15) is 0 Å². The van der Waals surface area contributed by atoms with Crippen molar-refractivity contribution in [2.75, 3.05) is 0 Å². The van der Waals surface area contributed by atoms with Crippen LogP contribution in [0.25, 0.3) is 11.1 Å². The molecule has 1 heteroatoms. The third kappa shape index (κ3) is 3.11. The van der Waals surface area contributed by atoms with E-state index in [-0.39, 0.29) is 11.7 Å². The highest BCUT2D eigenvalue weighted by molar-refractivity contribution is 5.98. The Balaban J connectivity index is 2.23. The Morgan fingerprint density at radius 3 is 1.89 bits per heavy atom. The number of carbonyl (C=O) groups is 1. The molecule has 0 aliphatic heterocycles. The van der Waals surface area contributed by atoms with Gasteiger partial charge in [0, 0.05) is 11.5 Å². The number of Topliss-reactive ketones (excluding diaryl/α,β-unsaturated/α-hetero) is 1. The Morgan fingerprint density at radius 1 is 0.947 bits per heavy atom. The zero-order valence-electron chi connectivity index (χ0n) is 11.8. The fraction of sp³-hybridized carbons (Fsp3) is 0.278. The molecule has 1 atom stereocenters. The molecular weight excluding hydrogens is 232 g/mol. The Bertz CT molecular complexity index is 549. The van der Waals surface area contributed by atoms with Gasteiger partial charge in [-0.05, 0) is 24.5 Å². The standard InChI is InChI=1S/C18H20O/c1-4-14(3)18(19)17-11-9-16(10-12-17)15-7-5-13(2)6-8-15/h5-12,14H,4H2,1-3H3. The van der Waals surface area contributed by atoms with Crippen LogP contribution in [-0.4, -0.2) is 5.78 Å². The average Bonchev–Trinajstić information content (AvgIpc) is 2.46. The molecule has 2 aromatic rings. The average molecular weight is 252 g/mol. The Kier molecular flexibility index (Phi) is 4.16. The SMILES string of the molecule is CCC(C)C(=O)c1ccc(-c2ccc(C)cc2)cc1. The largest absolute Gasteiger partial charge is 0.294 e. The van der Waals surface area contributed by atoms with E-state index < -0.39 is 0 Å². The van der Waals surface area contributed by atoms with Crippen LogP contribution in [0.15, 0.2) is 48.5 Å². The minimum absolute atomic E-state index is 0.102. The maximum atomic E-state index is 12.1. The normalized spacial score (nSPS) is 12.2. The molecule has 0 saturated heterocycles. The van der Waals surface area contributed by atoms with Crippen LogP contribution in [0.3, 0.4) is 0 Å². The summed E-state index contributed by atoms with van der Waals surface area (Å²) in [6.45, 7) is 6.11. The lowest BCUT2D eigenvalue weighted by atomic mass is 9.95. The van der Waals surface area contributed by atoms with Gasteiger partial charge >= 0.3 is 0 Å². The van der Waals surface area contributed by atoms with Crippen molar-refractivity contribution in [3.63, 3.8) is 0 Å². The van der Waals surface area contributed by atoms with Gasteiger partial charge in [-0.25, -0.2) is 0 Å². The maximum Gasteiger partial charge on any atom is 0.165 e.